The van der Waals surface area contributed by atoms with Crippen LogP contribution in [0.2, 0.25) is 0 Å². The lowest BCUT2D eigenvalue weighted by atomic mass is 10.1. The van der Waals surface area contributed by atoms with Gasteiger partial charge in [-0.1, -0.05) is 19.1 Å². The highest BCUT2D eigenvalue weighted by atomic mass is 16.4. The van der Waals surface area contributed by atoms with Crippen LogP contribution in [0, 0.1) is 0 Å². The first-order valence-corrected chi connectivity index (χ1v) is 5.27. The molecule has 1 aromatic rings. The summed E-state index contributed by atoms with van der Waals surface area (Å²) in [6.07, 6.45) is 0.195. The van der Waals surface area contributed by atoms with Crippen molar-refractivity contribution in [1.82, 2.24) is 4.90 Å². The SMILES string of the molecule is CC[C@@H](C(=O)O)N1C(=O)c2ccccc2C1=O. The summed E-state index contributed by atoms with van der Waals surface area (Å²) in [5.41, 5.74) is 0.550. The van der Waals surface area contributed by atoms with Crippen LogP contribution >= 0.6 is 0 Å². The maximum absolute atomic E-state index is 12.0. The lowest BCUT2D eigenvalue weighted by molar-refractivity contribution is -0.141. The number of imide groups is 1. The van der Waals surface area contributed by atoms with Crippen LogP contribution < -0.4 is 0 Å². The molecule has 17 heavy (non-hydrogen) atoms. The zero-order chi connectivity index (χ0) is 12.6. The summed E-state index contributed by atoms with van der Waals surface area (Å²) >= 11 is 0. The second kappa shape index (κ2) is 4.01. The predicted octanol–water partition coefficient (Wildman–Crippen LogP) is 1.15. The maximum Gasteiger partial charge on any atom is 0.326 e. The third kappa shape index (κ3) is 1.60. The Bertz CT molecular complexity index is 474. The molecule has 1 heterocycles. The van der Waals surface area contributed by atoms with Crippen LogP contribution in [0.1, 0.15) is 34.1 Å². The zero-order valence-electron chi connectivity index (χ0n) is 9.21. The van der Waals surface area contributed by atoms with E-state index in [0.29, 0.717) is 0 Å². The van der Waals surface area contributed by atoms with E-state index in [9.17, 15) is 14.4 Å². The number of carboxylic acids is 1. The molecule has 2 amide bonds. The number of carbonyl (C=O) groups excluding carboxylic acids is 2. The minimum atomic E-state index is -1.16. The Balaban J connectivity index is 2.46. The van der Waals surface area contributed by atoms with Crippen molar-refractivity contribution in [3.63, 3.8) is 0 Å². The monoisotopic (exact) mass is 233 g/mol. The Labute approximate surface area is 97.7 Å². The molecule has 0 fully saturated rings. The van der Waals surface area contributed by atoms with E-state index in [4.69, 9.17) is 5.11 Å². The van der Waals surface area contributed by atoms with Crippen molar-refractivity contribution in [2.75, 3.05) is 0 Å². The van der Waals surface area contributed by atoms with Crippen LogP contribution in [0.5, 0.6) is 0 Å². The van der Waals surface area contributed by atoms with Gasteiger partial charge in [-0.3, -0.25) is 14.5 Å². The molecule has 88 valence electrons. The van der Waals surface area contributed by atoms with Crippen molar-refractivity contribution in [3.8, 4) is 0 Å². The second-order valence-electron chi connectivity index (χ2n) is 3.79. The van der Waals surface area contributed by atoms with Crippen molar-refractivity contribution >= 4 is 17.8 Å². The summed E-state index contributed by atoms with van der Waals surface area (Å²) in [6, 6.07) is 5.26. The van der Waals surface area contributed by atoms with Gasteiger partial charge < -0.3 is 5.11 Å². The maximum atomic E-state index is 12.0. The number of hydrogen-bond acceptors (Lipinski definition) is 3. The van der Waals surface area contributed by atoms with Crippen molar-refractivity contribution in [2.24, 2.45) is 0 Å². The molecule has 0 radical (unpaired) electrons. The molecule has 0 aliphatic carbocycles. The minimum absolute atomic E-state index is 0.195. The second-order valence-corrected chi connectivity index (χ2v) is 3.79. The predicted molar refractivity (Wildman–Crippen MR) is 58.7 cm³/mol. The van der Waals surface area contributed by atoms with E-state index < -0.39 is 23.8 Å². The first-order chi connectivity index (χ1) is 8.07. The Hall–Kier alpha value is -2.17. The van der Waals surface area contributed by atoms with E-state index in [0.717, 1.165) is 4.90 Å². The average Bonchev–Trinajstić information content (AvgIpc) is 2.56. The molecule has 0 saturated carbocycles. The van der Waals surface area contributed by atoms with Gasteiger partial charge in [0.2, 0.25) is 0 Å². The van der Waals surface area contributed by atoms with Crippen LogP contribution in [0.3, 0.4) is 0 Å². The van der Waals surface area contributed by atoms with Gasteiger partial charge in [-0.15, -0.1) is 0 Å². The number of nitrogens with zero attached hydrogens (tertiary/aromatic N) is 1. The van der Waals surface area contributed by atoms with Crippen LogP contribution in [0.25, 0.3) is 0 Å². The third-order valence-corrected chi connectivity index (χ3v) is 2.81. The van der Waals surface area contributed by atoms with E-state index in [-0.39, 0.29) is 17.5 Å². The van der Waals surface area contributed by atoms with Gasteiger partial charge in [0.05, 0.1) is 11.1 Å². The van der Waals surface area contributed by atoms with Crippen molar-refractivity contribution < 1.29 is 19.5 Å². The molecule has 0 saturated heterocycles. The number of amides is 2. The summed E-state index contributed by atoms with van der Waals surface area (Å²) in [5.74, 6) is -2.22. The minimum Gasteiger partial charge on any atom is -0.480 e. The molecule has 0 unspecified atom stereocenters. The van der Waals surface area contributed by atoms with E-state index in [1.165, 1.54) is 12.1 Å². The summed E-state index contributed by atoms with van der Waals surface area (Å²) in [7, 11) is 0. The number of benzene rings is 1. The van der Waals surface area contributed by atoms with Crippen molar-refractivity contribution in [2.45, 2.75) is 19.4 Å². The summed E-state index contributed by atoms with van der Waals surface area (Å²) in [5, 5.41) is 9.00. The Morgan fingerprint density at radius 2 is 1.71 bits per heavy atom. The van der Waals surface area contributed by atoms with Gasteiger partial charge in [-0.25, -0.2) is 4.79 Å². The number of rotatable bonds is 3. The van der Waals surface area contributed by atoms with Gasteiger partial charge in [0.25, 0.3) is 11.8 Å². The van der Waals surface area contributed by atoms with Gasteiger partial charge in [0, 0.05) is 0 Å². The Morgan fingerprint density at radius 1 is 1.24 bits per heavy atom. The Morgan fingerprint density at radius 3 is 2.06 bits per heavy atom. The van der Waals surface area contributed by atoms with Crippen molar-refractivity contribution in [1.29, 1.82) is 0 Å². The molecule has 1 aliphatic heterocycles. The molecule has 5 heteroatoms. The highest BCUT2D eigenvalue weighted by Gasteiger charge is 2.41. The van der Waals surface area contributed by atoms with Crippen molar-refractivity contribution in [3.05, 3.63) is 35.4 Å². The molecular weight excluding hydrogens is 222 g/mol. The molecule has 0 aromatic heterocycles. The van der Waals surface area contributed by atoms with Crippen LogP contribution in [-0.2, 0) is 4.79 Å². The first-order valence-electron chi connectivity index (χ1n) is 5.27. The molecule has 1 aromatic carbocycles. The largest absolute Gasteiger partial charge is 0.480 e. The lowest BCUT2D eigenvalue weighted by Crippen LogP contribution is -2.44. The van der Waals surface area contributed by atoms with Gasteiger partial charge >= 0.3 is 5.97 Å². The van der Waals surface area contributed by atoms with Gasteiger partial charge in [0.1, 0.15) is 6.04 Å². The molecule has 1 atom stereocenters. The van der Waals surface area contributed by atoms with Gasteiger partial charge in [0.15, 0.2) is 0 Å². The molecule has 2 rings (SSSR count). The number of aliphatic carboxylic acids is 1. The van der Waals surface area contributed by atoms with Crippen LogP contribution in [-0.4, -0.2) is 33.8 Å². The van der Waals surface area contributed by atoms with E-state index in [1.54, 1.807) is 19.1 Å². The van der Waals surface area contributed by atoms with Gasteiger partial charge in [-0.05, 0) is 18.6 Å². The van der Waals surface area contributed by atoms with E-state index in [2.05, 4.69) is 0 Å². The lowest BCUT2D eigenvalue weighted by Gasteiger charge is -2.20. The highest BCUT2D eigenvalue weighted by molar-refractivity contribution is 6.22. The topological polar surface area (TPSA) is 74.7 Å². The third-order valence-electron chi connectivity index (χ3n) is 2.81. The average molecular weight is 233 g/mol. The molecular formula is C12H11NO4. The fourth-order valence-corrected chi connectivity index (χ4v) is 1.96. The smallest absolute Gasteiger partial charge is 0.326 e. The molecule has 1 aliphatic rings. The summed E-state index contributed by atoms with van der Waals surface area (Å²) in [4.78, 5) is 35.7. The van der Waals surface area contributed by atoms with E-state index >= 15 is 0 Å². The molecule has 5 nitrogen and oxygen atoms in total. The number of carboxylic acid groups (broad SMARTS) is 1. The normalized spacial score (nSPS) is 15.9. The first kappa shape index (κ1) is 11.3. The molecule has 1 N–H and O–H groups in total. The van der Waals surface area contributed by atoms with Crippen LogP contribution in [0.15, 0.2) is 24.3 Å². The molecule has 0 bridgehead atoms. The summed E-state index contributed by atoms with van der Waals surface area (Å²) in [6.45, 7) is 1.63. The number of fused-ring (bicyclic) bond motifs is 1. The highest BCUT2D eigenvalue weighted by Crippen LogP contribution is 2.25. The van der Waals surface area contributed by atoms with E-state index in [1.807, 2.05) is 0 Å². The fourth-order valence-electron chi connectivity index (χ4n) is 1.96. The number of hydrogen-bond donors (Lipinski definition) is 1. The van der Waals surface area contributed by atoms with Gasteiger partial charge in [-0.2, -0.15) is 0 Å². The summed E-state index contributed by atoms with van der Waals surface area (Å²) < 4.78 is 0. The number of carbonyl (C=O) groups is 3. The molecule has 0 spiro atoms. The standard InChI is InChI=1S/C12H11NO4/c1-2-9(12(16)17)13-10(14)7-5-3-4-6-8(7)11(13)15/h3-6,9H,2H2,1H3,(H,16,17)/t9-/m0/s1. The van der Waals surface area contributed by atoms with Crippen LogP contribution in [0.4, 0.5) is 0 Å². The fraction of sp³-hybridized carbons (Fsp3) is 0.250. The quantitative estimate of drug-likeness (QED) is 0.794. The zero-order valence-corrected chi connectivity index (χ0v) is 9.21. The Kier molecular flexibility index (Phi) is 2.67.